The lowest BCUT2D eigenvalue weighted by molar-refractivity contribution is 0.0698. The smallest absolute Gasteiger partial charge is 0.337 e. The van der Waals surface area contributed by atoms with E-state index in [1.165, 1.54) is 0 Å². The minimum absolute atomic E-state index is 0.0941. The molecule has 5 nitrogen and oxygen atoms in total. The number of nitrogens with zero attached hydrogens (tertiary/aromatic N) is 3. The molecule has 0 unspecified atom stereocenters. The Balaban J connectivity index is 2.68. The zero-order valence-electron chi connectivity index (χ0n) is 13.3. The van der Waals surface area contributed by atoms with Crippen LogP contribution in [0.3, 0.4) is 0 Å². The molecule has 0 amide bonds. The van der Waals surface area contributed by atoms with E-state index in [9.17, 15) is 9.90 Å². The van der Waals surface area contributed by atoms with Crippen LogP contribution in [0.15, 0.2) is 18.2 Å². The normalized spacial score (nSPS) is 12.3. The van der Waals surface area contributed by atoms with Gasteiger partial charge in [-0.2, -0.15) is 0 Å². The predicted molar refractivity (Wildman–Crippen MR) is 83.8 cm³/mol. The van der Waals surface area contributed by atoms with Gasteiger partial charge >= 0.3 is 5.97 Å². The molecule has 0 aliphatic carbocycles. The minimum atomic E-state index is -0.910. The summed E-state index contributed by atoms with van der Waals surface area (Å²) in [6.45, 7) is 7.02. The van der Waals surface area contributed by atoms with Crippen LogP contribution in [0.1, 0.15) is 37.0 Å². The number of likely N-dealkylation sites (N-methyl/N-ethyl adjacent to an activating group) is 1. The molecule has 0 aliphatic heterocycles. The third-order valence-corrected chi connectivity index (χ3v) is 4.15. The number of hydrogen-bond donors (Lipinski definition) is 1. The Hall–Kier alpha value is -1.88. The van der Waals surface area contributed by atoms with Crippen molar-refractivity contribution in [3.05, 3.63) is 29.6 Å². The maximum Gasteiger partial charge on any atom is 0.337 e. The third-order valence-electron chi connectivity index (χ3n) is 4.15. The van der Waals surface area contributed by atoms with Crippen LogP contribution in [0.4, 0.5) is 0 Å². The number of rotatable bonds is 5. The van der Waals surface area contributed by atoms with Gasteiger partial charge in [0.2, 0.25) is 0 Å². The number of aromatic carboxylic acids is 1. The zero-order valence-corrected chi connectivity index (χ0v) is 13.3. The number of fused-ring (bicyclic) bond motifs is 1. The van der Waals surface area contributed by atoms with Gasteiger partial charge in [-0.15, -0.1) is 0 Å². The fraction of sp³-hybridized carbons (Fsp3) is 0.500. The van der Waals surface area contributed by atoms with Crippen molar-refractivity contribution in [1.29, 1.82) is 0 Å². The molecule has 0 spiro atoms. The molecule has 1 N–H and O–H groups in total. The molecule has 0 saturated carbocycles. The Bertz CT molecular complexity index is 671. The number of carboxylic acids is 1. The molecule has 21 heavy (non-hydrogen) atoms. The molecule has 114 valence electrons. The number of hydrogen-bond acceptors (Lipinski definition) is 3. The molecule has 1 aromatic heterocycles. The van der Waals surface area contributed by atoms with Crippen LogP contribution in [-0.4, -0.2) is 45.2 Å². The van der Waals surface area contributed by atoms with Gasteiger partial charge < -0.3 is 14.6 Å². The number of carbonyl (C=O) groups is 1. The monoisotopic (exact) mass is 289 g/mol. The first-order valence-corrected chi connectivity index (χ1v) is 7.16. The van der Waals surface area contributed by atoms with E-state index in [2.05, 4.69) is 28.3 Å². The molecule has 1 heterocycles. The van der Waals surface area contributed by atoms with E-state index in [4.69, 9.17) is 0 Å². The zero-order chi connectivity index (χ0) is 15.8. The van der Waals surface area contributed by atoms with E-state index in [0.717, 1.165) is 23.3 Å². The quantitative estimate of drug-likeness (QED) is 0.919. The largest absolute Gasteiger partial charge is 0.478 e. The third kappa shape index (κ3) is 2.78. The number of imidazole rings is 1. The molecule has 0 aliphatic rings. The molecule has 2 aromatic rings. The van der Waals surface area contributed by atoms with Gasteiger partial charge in [0, 0.05) is 18.5 Å². The molecular weight excluding hydrogens is 266 g/mol. The Labute approximate surface area is 125 Å². The van der Waals surface area contributed by atoms with Crippen molar-refractivity contribution in [3.8, 4) is 0 Å². The lowest BCUT2D eigenvalue weighted by atomic mass is 10.0. The second kappa shape index (κ2) is 5.48. The molecule has 2 rings (SSSR count). The number of para-hydroxylation sites is 1. The number of carboxylic acid groups (broad SMARTS) is 1. The second-order valence-corrected chi connectivity index (χ2v) is 6.15. The van der Waals surface area contributed by atoms with Crippen LogP contribution in [-0.2, 0) is 13.0 Å². The van der Waals surface area contributed by atoms with Crippen LogP contribution in [0.5, 0.6) is 0 Å². The average Bonchev–Trinajstić information content (AvgIpc) is 2.75. The van der Waals surface area contributed by atoms with Gasteiger partial charge in [-0.3, -0.25) is 0 Å². The van der Waals surface area contributed by atoms with Crippen LogP contribution >= 0.6 is 0 Å². The van der Waals surface area contributed by atoms with Crippen molar-refractivity contribution in [1.82, 2.24) is 14.5 Å². The van der Waals surface area contributed by atoms with Gasteiger partial charge in [0.15, 0.2) is 0 Å². The van der Waals surface area contributed by atoms with Crippen molar-refractivity contribution in [2.24, 2.45) is 0 Å². The summed E-state index contributed by atoms with van der Waals surface area (Å²) in [6, 6.07) is 5.27. The van der Waals surface area contributed by atoms with Crippen molar-refractivity contribution in [2.75, 3.05) is 14.1 Å². The number of benzene rings is 1. The van der Waals surface area contributed by atoms with Gasteiger partial charge in [-0.25, -0.2) is 9.78 Å². The van der Waals surface area contributed by atoms with Gasteiger partial charge in [0.1, 0.15) is 5.82 Å². The standard InChI is InChI=1S/C16H23N3O2/c1-6-13-17-12-9-7-8-11(15(20)21)14(12)19(13)10-16(2,3)18(4)5/h7-9H,6,10H2,1-5H3,(H,20,21). The maximum absolute atomic E-state index is 11.5. The maximum atomic E-state index is 11.5. The van der Waals surface area contributed by atoms with E-state index in [1.807, 2.05) is 27.1 Å². The summed E-state index contributed by atoms with van der Waals surface area (Å²) in [5, 5.41) is 9.45. The Morgan fingerprint density at radius 3 is 2.57 bits per heavy atom. The van der Waals surface area contributed by atoms with Crippen molar-refractivity contribution < 1.29 is 9.90 Å². The highest BCUT2D eigenvalue weighted by atomic mass is 16.4. The predicted octanol–water partition coefficient (Wildman–Crippen LogP) is 2.64. The van der Waals surface area contributed by atoms with E-state index in [1.54, 1.807) is 12.1 Å². The van der Waals surface area contributed by atoms with Crippen molar-refractivity contribution >= 4 is 17.0 Å². The first kappa shape index (κ1) is 15.5. The van der Waals surface area contributed by atoms with E-state index in [0.29, 0.717) is 12.1 Å². The molecule has 0 saturated heterocycles. The summed E-state index contributed by atoms with van der Waals surface area (Å²) in [5.74, 6) is 0.0145. The highest BCUT2D eigenvalue weighted by Crippen LogP contribution is 2.24. The van der Waals surface area contributed by atoms with E-state index in [-0.39, 0.29) is 5.54 Å². The average molecular weight is 289 g/mol. The molecule has 1 aromatic carbocycles. The van der Waals surface area contributed by atoms with Gasteiger partial charge in [-0.05, 0) is 40.1 Å². The van der Waals surface area contributed by atoms with Gasteiger partial charge in [-0.1, -0.05) is 13.0 Å². The summed E-state index contributed by atoms with van der Waals surface area (Å²) in [7, 11) is 4.06. The second-order valence-electron chi connectivity index (χ2n) is 6.15. The highest BCUT2D eigenvalue weighted by Gasteiger charge is 2.25. The molecule has 0 atom stereocenters. The van der Waals surface area contributed by atoms with Crippen molar-refractivity contribution in [2.45, 2.75) is 39.3 Å². The van der Waals surface area contributed by atoms with E-state index >= 15 is 0 Å². The SMILES string of the molecule is CCc1nc2cccc(C(=O)O)c2n1CC(C)(C)N(C)C. The van der Waals surface area contributed by atoms with E-state index < -0.39 is 5.97 Å². The first-order chi connectivity index (χ1) is 9.77. The Kier molecular flexibility index (Phi) is 4.05. The lowest BCUT2D eigenvalue weighted by Crippen LogP contribution is -2.42. The summed E-state index contributed by atoms with van der Waals surface area (Å²) in [6.07, 6.45) is 0.775. The summed E-state index contributed by atoms with van der Waals surface area (Å²) in [5.41, 5.74) is 1.69. The molecular formula is C16H23N3O2. The highest BCUT2D eigenvalue weighted by molar-refractivity contribution is 6.01. The van der Waals surface area contributed by atoms with Crippen LogP contribution < -0.4 is 0 Å². The molecule has 0 radical (unpaired) electrons. The molecule has 5 heteroatoms. The Morgan fingerprint density at radius 1 is 1.38 bits per heavy atom. The number of aromatic nitrogens is 2. The van der Waals surface area contributed by atoms with Crippen LogP contribution in [0.25, 0.3) is 11.0 Å². The van der Waals surface area contributed by atoms with Crippen LogP contribution in [0.2, 0.25) is 0 Å². The summed E-state index contributed by atoms with van der Waals surface area (Å²) < 4.78 is 2.05. The fourth-order valence-electron chi connectivity index (χ4n) is 2.37. The Morgan fingerprint density at radius 2 is 2.05 bits per heavy atom. The van der Waals surface area contributed by atoms with Crippen LogP contribution in [0, 0.1) is 0 Å². The fourth-order valence-corrected chi connectivity index (χ4v) is 2.37. The minimum Gasteiger partial charge on any atom is -0.478 e. The van der Waals surface area contributed by atoms with Gasteiger partial charge in [0.05, 0.1) is 16.6 Å². The summed E-state index contributed by atoms with van der Waals surface area (Å²) >= 11 is 0. The molecule has 0 bridgehead atoms. The summed E-state index contributed by atoms with van der Waals surface area (Å²) in [4.78, 5) is 18.3. The first-order valence-electron chi connectivity index (χ1n) is 7.16. The topological polar surface area (TPSA) is 58.4 Å². The molecule has 0 fully saturated rings. The van der Waals surface area contributed by atoms with Gasteiger partial charge in [0.25, 0.3) is 0 Å². The lowest BCUT2D eigenvalue weighted by Gasteiger charge is -2.33. The number of aryl methyl sites for hydroxylation is 1. The van der Waals surface area contributed by atoms with Crippen molar-refractivity contribution in [3.63, 3.8) is 0 Å².